The molecule has 0 atom stereocenters. The predicted octanol–water partition coefficient (Wildman–Crippen LogP) is 1.52. The molecule has 8 nitrogen and oxygen atoms in total. The van der Waals surface area contributed by atoms with Gasteiger partial charge >= 0.3 is 0 Å². The fourth-order valence-corrected chi connectivity index (χ4v) is 1.81. The first-order chi connectivity index (χ1) is 10.1. The van der Waals surface area contributed by atoms with Gasteiger partial charge in [0, 0.05) is 12.4 Å². The van der Waals surface area contributed by atoms with Crippen LogP contribution >= 0.6 is 0 Å². The molecule has 0 aliphatic carbocycles. The molecule has 0 aliphatic rings. The molecule has 106 valence electrons. The van der Waals surface area contributed by atoms with Gasteiger partial charge in [0.05, 0.1) is 24.3 Å². The third-order valence-corrected chi connectivity index (χ3v) is 2.93. The molecule has 21 heavy (non-hydrogen) atoms. The highest BCUT2D eigenvalue weighted by Crippen LogP contribution is 2.11. The van der Waals surface area contributed by atoms with Gasteiger partial charge in [-0.3, -0.25) is 9.36 Å². The fourth-order valence-electron chi connectivity index (χ4n) is 1.81. The molecule has 0 fully saturated rings. The van der Waals surface area contributed by atoms with E-state index in [0.717, 1.165) is 5.82 Å². The van der Waals surface area contributed by atoms with E-state index in [1.165, 1.54) is 18.6 Å². The van der Waals surface area contributed by atoms with E-state index >= 15 is 0 Å². The number of amides is 1. The van der Waals surface area contributed by atoms with Gasteiger partial charge in [0.2, 0.25) is 5.95 Å². The summed E-state index contributed by atoms with van der Waals surface area (Å²) in [6.07, 6.45) is 7.87. The molecule has 0 bridgehead atoms. The standard InChI is InChI=1S/C13H12N6O2/c1-8-11(7-17-21-8)12(20)18-10-5-15-13(16-6-10)19-4-3-14-9(19)2/h3-7H,1-2H3,(H,18,20). The van der Waals surface area contributed by atoms with Crippen LogP contribution in [0.25, 0.3) is 5.95 Å². The largest absolute Gasteiger partial charge is 0.361 e. The van der Waals surface area contributed by atoms with Gasteiger partial charge in [0.25, 0.3) is 5.91 Å². The van der Waals surface area contributed by atoms with Crippen LogP contribution in [-0.4, -0.2) is 30.6 Å². The SMILES string of the molecule is Cc1oncc1C(=O)Nc1cnc(-n2ccnc2C)nc1. The Morgan fingerprint density at radius 2 is 1.95 bits per heavy atom. The van der Waals surface area contributed by atoms with Crippen molar-refractivity contribution < 1.29 is 9.32 Å². The molecule has 3 aromatic rings. The molecule has 8 heteroatoms. The number of hydrogen-bond donors (Lipinski definition) is 1. The van der Waals surface area contributed by atoms with Gasteiger partial charge in [-0.2, -0.15) is 0 Å². The Morgan fingerprint density at radius 3 is 2.52 bits per heavy atom. The number of carbonyl (C=O) groups is 1. The van der Waals surface area contributed by atoms with E-state index in [9.17, 15) is 4.79 Å². The van der Waals surface area contributed by atoms with E-state index < -0.39 is 0 Å². The van der Waals surface area contributed by atoms with E-state index in [1.54, 1.807) is 23.9 Å². The molecule has 0 aliphatic heterocycles. The number of hydrogen-bond acceptors (Lipinski definition) is 6. The second kappa shape index (κ2) is 5.16. The van der Waals surface area contributed by atoms with Crippen molar-refractivity contribution in [1.82, 2.24) is 24.7 Å². The number of rotatable bonds is 3. The summed E-state index contributed by atoms with van der Waals surface area (Å²) < 4.78 is 6.60. The minimum absolute atomic E-state index is 0.316. The number of imidazole rings is 1. The second-order valence-corrected chi connectivity index (χ2v) is 4.37. The van der Waals surface area contributed by atoms with Gasteiger partial charge in [-0.25, -0.2) is 15.0 Å². The first-order valence-corrected chi connectivity index (χ1v) is 6.20. The molecular formula is C13H12N6O2. The molecular weight excluding hydrogens is 272 g/mol. The summed E-state index contributed by atoms with van der Waals surface area (Å²) in [5.74, 6) is 1.42. The topological polar surface area (TPSA) is 98.7 Å². The van der Waals surface area contributed by atoms with Crippen molar-refractivity contribution in [3.63, 3.8) is 0 Å². The van der Waals surface area contributed by atoms with Crippen LogP contribution in [0.15, 0.2) is 35.5 Å². The number of nitrogens with one attached hydrogen (secondary N) is 1. The monoisotopic (exact) mass is 284 g/mol. The van der Waals surface area contributed by atoms with Crippen molar-refractivity contribution in [3.05, 3.63) is 48.1 Å². The van der Waals surface area contributed by atoms with Crippen molar-refractivity contribution in [3.8, 4) is 5.95 Å². The lowest BCUT2D eigenvalue weighted by atomic mass is 10.2. The van der Waals surface area contributed by atoms with E-state index in [-0.39, 0.29) is 5.91 Å². The smallest absolute Gasteiger partial charge is 0.260 e. The van der Waals surface area contributed by atoms with Crippen molar-refractivity contribution in [2.24, 2.45) is 0 Å². The third-order valence-electron chi connectivity index (χ3n) is 2.93. The van der Waals surface area contributed by atoms with Gasteiger partial charge in [-0.1, -0.05) is 5.16 Å². The zero-order chi connectivity index (χ0) is 14.8. The van der Waals surface area contributed by atoms with Crippen LogP contribution in [0.2, 0.25) is 0 Å². The molecule has 3 heterocycles. The Balaban J connectivity index is 1.78. The zero-order valence-corrected chi connectivity index (χ0v) is 11.4. The maximum absolute atomic E-state index is 12.0. The Bertz CT molecular complexity index is 774. The number of anilines is 1. The Kier molecular flexibility index (Phi) is 3.19. The maximum atomic E-state index is 12.0. The minimum atomic E-state index is -0.316. The molecule has 0 saturated carbocycles. The van der Waals surface area contributed by atoms with Crippen molar-refractivity contribution in [2.75, 3.05) is 5.32 Å². The molecule has 1 amide bonds. The Hall–Kier alpha value is -3.03. The van der Waals surface area contributed by atoms with Crippen molar-refractivity contribution >= 4 is 11.6 Å². The van der Waals surface area contributed by atoms with Crippen LogP contribution in [0, 0.1) is 13.8 Å². The summed E-state index contributed by atoms with van der Waals surface area (Å²) in [6, 6.07) is 0. The lowest BCUT2D eigenvalue weighted by Crippen LogP contribution is -2.13. The Labute approximate surface area is 119 Å². The summed E-state index contributed by atoms with van der Waals surface area (Å²) in [5.41, 5.74) is 0.867. The zero-order valence-electron chi connectivity index (χ0n) is 11.4. The first-order valence-electron chi connectivity index (χ1n) is 6.20. The van der Waals surface area contributed by atoms with Crippen LogP contribution in [0.5, 0.6) is 0 Å². The van der Waals surface area contributed by atoms with Crippen LogP contribution < -0.4 is 5.32 Å². The lowest BCUT2D eigenvalue weighted by Gasteiger charge is -2.05. The van der Waals surface area contributed by atoms with Gasteiger partial charge in [-0.15, -0.1) is 0 Å². The summed E-state index contributed by atoms with van der Waals surface area (Å²) in [4.78, 5) is 24.5. The van der Waals surface area contributed by atoms with Crippen LogP contribution in [-0.2, 0) is 0 Å². The molecule has 0 spiro atoms. The van der Waals surface area contributed by atoms with E-state index in [1.807, 2.05) is 6.92 Å². The van der Waals surface area contributed by atoms with Crippen LogP contribution in [0.1, 0.15) is 21.9 Å². The minimum Gasteiger partial charge on any atom is -0.361 e. The van der Waals surface area contributed by atoms with Crippen molar-refractivity contribution in [1.29, 1.82) is 0 Å². The summed E-state index contributed by atoms with van der Waals surface area (Å²) in [7, 11) is 0. The average molecular weight is 284 g/mol. The molecule has 3 aromatic heterocycles. The third kappa shape index (κ3) is 2.50. The summed E-state index contributed by atoms with van der Waals surface area (Å²) in [6.45, 7) is 3.52. The van der Waals surface area contributed by atoms with E-state index in [4.69, 9.17) is 4.52 Å². The van der Waals surface area contributed by atoms with E-state index in [0.29, 0.717) is 23.0 Å². The fraction of sp³-hybridized carbons (Fsp3) is 0.154. The van der Waals surface area contributed by atoms with Gasteiger partial charge in [0.15, 0.2) is 0 Å². The quantitative estimate of drug-likeness (QED) is 0.782. The van der Waals surface area contributed by atoms with Gasteiger partial charge in [-0.05, 0) is 13.8 Å². The lowest BCUT2D eigenvalue weighted by molar-refractivity contribution is 0.102. The maximum Gasteiger partial charge on any atom is 0.260 e. The second-order valence-electron chi connectivity index (χ2n) is 4.37. The molecule has 0 aromatic carbocycles. The van der Waals surface area contributed by atoms with E-state index in [2.05, 4.69) is 25.4 Å². The van der Waals surface area contributed by atoms with Gasteiger partial charge < -0.3 is 9.84 Å². The molecule has 0 saturated heterocycles. The molecule has 0 unspecified atom stereocenters. The first kappa shape index (κ1) is 13.0. The van der Waals surface area contributed by atoms with Crippen molar-refractivity contribution in [2.45, 2.75) is 13.8 Å². The van der Waals surface area contributed by atoms with Crippen LogP contribution in [0.4, 0.5) is 5.69 Å². The Morgan fingerprint density at radius 1 is 1.19 bits per heavy atom. The highest BCUT2D eigenvalue weighted by molar-refractivity contribution is 6.04. The average Bonchev–Trinajstić information content (AvgIpc) is 3.08. The highest BCUT2D eigenvalue weighted by atomic mass is 16.5. The predicted molar refractivity (Wildman–Crippen MR) is 73.1 cm³/mol. The molecule has 0 radical (unpaired) electrons. The van der Waals surface area contributed by atoms with Crippen LogP contribution in [0.3, 0.4) is 0 Å². The molecule has 1 N–H and O–H groups in total. The highest BCUT2D eigenvalue weighted by Gasteiger charge is 2.13. The molecule has 3 rings (SSSR count). The summed E-state index contributed by atoms with van der Waals surface area (Å²) in [5, 5.41) is 6.25. The number of aryl methyl sites for hydroxylation is 2. The summed E-state index contributed by atoms with van der Waals surface area (Å²) >= 11 is 0. The normalized spacial score (nSPS) is 10.6. The number of carbonyl (C=O) groups excluding carboxylic acids is 1. The number of nitrogens with zero attached hydrogens (tertiary/aromatic N) is 5. The van der Waals surface area contributed by atoms with Gasteiger partial charge in [0.1, 0.15) is 17.1 Å². The number of aromatic nitrogens is 5.